The van der Waals surface area contributed by atoms with Crippen molar-refractivity contribution < 1.29 is 28.2 Å². The molecule has 0 spiro atoms. The first kappa shape index (κ1) is 20.8. The Hall–Kier alpha value is -3.42. The minimum atomic E-state index is -0.378. The highest BCUT2D eigenvalue weighted by molar-refractivity contribution is 6.04. The van der Waals surface area contributed by atoms with E-state index in [9.17, 15) is 18.8 Å². The van der Waals surface area contributed by atoms with Crippen LogP contribution in [0.1, 0.15) is 28.8 Å². The SMILES string of the molecule is Cc1cc(F)ccc1OCC(=O)c1ccc2c(c1)N(CC(=O)NCC1CC1)C(=O)CO2. The zero-order chi connectivity index (χ0) is 22.0. The molecular formula is C23H23FN2O5. The number of Topliss-reactive ketones (excluding diaryl/α,β-unsaturated/α-hetero) is 1. The van der Waals surface area contributed by atoms with Gasteiger partial charge in [0.2, 0.25) is 5.91 Å². The molecule has 2 aromatic carbocycles. The van der Waals surface area contributed by atoms with Crippen LogP contribution in [0.25, 0.3) is 0 Å². The number of carbonyl (C=O) groups excluding carboxylic acids is 3. The van der Waals surface area contributed by atoms with E-state index in [0.29, 0.717) is 40.8 Å². The van der Waals surface area contributed by atoms with E-state index < -0.39 is 0 Å². The monoisotopic (exact) mass is 426 g/mol. The van der Waals surface area contributed by atoms with E-state index in [1.165, 1.54) is 29.2 Å². The first-order valence-corrected chi connectivity index (χ1v) is 10.2. The van der Waals surface area contributed by atoms with Crippen LogP contribution < -0.4 is 19.7 Å². The van der Waals surface area contributed by atoms with Crippen molar-refractivity contribution in [2.24, 2.45) is 5.92 Å². The molecule has 1 aliphatic heterocycles. The molecule has 162 valence electrons. The lowest BCUT2D eigenvalue weighted by Gasteiger charge is -2.29. The fourth-order valence-electron chi connectivity index (χ4n) is 3.33. The normalized spacial score (nSPS) is 15.2. The van der Waals surface area contributed by atoms with Crippen molar-refractivity contribution in [3.05, 3.63) is 53.3 Å². The number of fused-ring (bicyclic) bond motifs is 1. The molecule has 0 aromatic heterocycles. The van der Waals surface area contributed by atoms with Crippen LogP contribution in [0.3, 0.4) is 0 Å². The van der Waals surface area contributed by atoms with Gasteiger partial charge in [-0.15, -0.1) is 0 Å². The average Bonchev–Trinajstić information content (AvgIpc) is 3.58. The van der Waals surface area contributed by atoms with Gasteiger partial charge in [0.05, 0.1) is 5.69 Å². The van der Waals surface area contributed by atoms with Crippen LogP contribution in [0.5, 0.6) is 11.5 Å². The highest BCUT2D eigenvalue weighted by Gasteiger charge is 2.29. The molecule has 1 heterocycles. The highest BCUT2D eigenvalue weighted by atomic mass is 19.1. The summed E-state index contributed by atoms with van der Waals surface area (Å²) in [6.07, 6.45) is 2.23. The maximum absolute atomic E-state index is 13.2. The number of hydrogen-bond acceptors (Lipinski definition) is 5. The Morgan fingerprint density at radius 2 is 2.03 bits per heavy atom. The van der Waals surface area contributed by atoms with Crippen LogP contribution in [0, 0.1) is 18.7 Å². The predicted octanol–water partition coefficient (Wildman–Crippen LogP) is 2.65. The molecule has 2 amide bonds. The second kappa shape index (κ2) is 8.75. The summed E-state index contributed by atoms with van der Waals surface area (Å²) >= 11 is 0. The van der Waals surface area contributed by atoms with Gasteiger partial charge >= 0.3 is 0 Å². The number of benzene rings is 2. The zero-order valence-electron chi connectivity index (χ0n) is 17.2. The molecule has 2 aliphatic rings. The van der Waals surface area contributed by atoms with Crippen LogP contribution in [0.2, 0.25) is 0 Å². The second-order valence-corrected chi connectivity index (χ2v) is 7.82. The fraction of sp³-hybridized carbons (Fsp3) is 0.348. The van der Waals surface area contributed by atoms with Gasteiger partial charge in [0.15, 0.2) is 19.0 Å². The van der Waals surface area contributed by atoms with Gasteiger partial charge in [-0.05, 0) is 67.6 Å². The van der Waals surface area contributed by atoms with Crippen molar-refractivity contribution in [3.8, 4) is 11.5 Å². The summed E-state index contributed by atoms with van der Waals surface area (Å²) in [5.74, 6) is 0.0866. The predicted molar refractivity (Wildman–Crippen MR) is 111 cm³/mol. The zero-order valence-corrected chi connectivity index (χ0v) is 17.2. The number of halogens is 1. The molecule has 1 saturated carbocycles. The van der Waals surface area contributed by atoms with Gasteiger partial charge < -0.3 is 14.8 Å². The van der Waals surface area contributed by atoms with Gasteiger partial charge in [-0.3, -0.25) is 19.3 Å². The Morgan fingerprint density at radius 3 is 2.77 bits per heavy atom. The molecular weight excluding hydrogens is 403 g/mol. The number of nitrogens with zero attached hydrogens (tertiary/aromatic N) is 1. The standard InChI is InChI=1S/C23H23FN2O5/c1-14-8-17(24)5-7-20(14)30-12-19(27)16-4-6-21-18(9-16)26(23(29)13-31-21)11-22(28)25-10-15-2-3-15/h4-9,15H,2-3,10-13H2,1H3,(H,25,28). The average molecular weight is 426 g/mol. The summed E-state index contributed by atoms with van der Waals surface area (Å²) in [6.45, 7) is 1.76. The molecule has 8 heteroatoms. The van der Waals surface area contributed by atoms with Gasteiger partial charge in [-0.1, -0.05) is 0 Å². The Labute approximate surface area is 179 Å². The van der Waals surface area contributed by atoms with E-state index in [4.69, 9.17) is 9.47 Å². The van der Waals surface area contributed by atoms with Crippen LogP contribution >= 0.6 is 0 Å². The van der Waals surface area contributed by atoms with Crippen molar-refractivity contribution in [2.45, 2.75) is 19.8 Å². The summed E-state index contributed by atoms with van der Waals surface area (Å²) < 4.78 is 24.2. The smallest absolute Gasteiger partial charge is 0.265 e. The summed E-state index contributed by atoms with van der Waals surface area (Å²) in [7, 11) is 0. The Balaban J connectivity index is 1.46. The third-order valence-electron chi connectivity index (χ3n) is 5.31. The van der Waals surface area contributed by atoms with Gasteiger partial charge in [0.1, 0.15) is 23.9 Å². The number of ether oxygens (including phenoxy) is 2. The summed E-state index contributed by atoms with van der Waals surface area (Å²) in [5, 5.41) is 2.84. The minimum Gasteiger partial charge on any atom is -0.485 e. The van der Waals surface area contributed by atoms with Crippen molar-refractivity contribution in [1.29, 1.82) is 0 Å². The summed E-state index contributed by atoms with van der Waals surface area (Å²) in [6, 6.07) is 8.79. The van der Waals surface area contributed by atoms with Crippen LogP contribution in [0.4, 0.5) is 10.1 Å². The number of ketones is 1. The molecule has 4 rings (SSSR count). The largest absolute Gasteiger partial charge is 0.485 e. The minimum absolute atomic E-state index is 0.134. The Kier molecular flexibility index (Phi) is 5.88. The Morgan fingerprint density at radius 1 is 1.23 bits per heavy atom. The van der Waals surface area contributed by atoms with Crippen molar-refractivity contribution in [3.63, 3.8) is 0 Å². The molecule has 0 unspecified atom stereocenters. The summed E-state index contributed by atoms with van der Waals surface area (Å²) in [4.78, 5) is 38.6. The number of amides is 2. The topological polar surface area (TPSA) is 84.9 Å². The molecule has 0 saturated heterocycles. The fourth-order valence-corrected chi connectivity index (χ4v) is 3.33. The molecule has 2 aromatic rings. The maximum atomic E-state index is 13.2. The van der Waals surface area contributed by atoms with Gasteiger partial charge in [0, 0.05) is 12.1 Å². The second-order valence-electron chi connectivity index (χ2n) is 7.82. The molecule has 0 radical (unpaired) electrons. The van der Waals surface area contributed by atoms with Crippen LogP contribution in [-0.2, 0) is 9.59 Å². The lowest BCUT2D eigenvalue weighted by Crippen LogP contribution is -2.45. The lowest BCUT2D eigenvalue weighted by atomic mass is 10.1. The van der Waals surface area contributed by atoms with Crippen molar-refractivity contribution in [1.82, 2.24) is 5.32 Å². The maximum Gasteiger partial charge on any atom is 0.265 e. The van der Waals surface area contributed by atoms with Crippen molar-refractivity contribution >= 4 is 23.3 Å². The van der Waals surface area contributed by atoms with E-state index in [1.807, 2.05) is 0 Å². The Bertz CT molecular complexity index is 1030. The molecule has 0 bridgehead atoms. The van der Waals surface area contributed by atoms with Crippen molar-refractivity contribution in [2.75, 3.05) is 31.2 Å². The third kappa shape index (κ3) is 5.02. The number of anilines is 1. The number of carbonyl (C=O) groups is 3. The molecule has 0 atom stereocenters. The number of nitrogens with one attached hydrogen (secondary N) is 1. The molecule has 1 fully saturated rings. The lowest BCUT2D eigenvalue weighted by molar-refractivity contribution is -0.125. The van der Waals surface area contributed by atoms with Crippen LogP contribution in [0.15, 0.2) is 36.4 Å². The van der Waals surface area contributed by atoms with Gasteiger partial charge in [-0.2, -0.15) is 0 Å². The summed E-state index contributed by atoms with van der Waals surface area (Å²) in [5.41, 5.74) is 1.28. The first-order valence-electron chi connectivity index (χ1n) is 10.2. The van der Waals surface area contributed by atoms with E-state index in [2.05, 4.69) is 5.32 Å². The van der Waals surface area contributed by atoms with E-state index in [0.717, 1.165) is 12.8 Å². The van der Waals surface area contributed by atoms with E-state index in [1.54, 1.807) is 19.1 Å². The molecule has 7 nitrogen and oxygen atoms in total. The van der Waals surface area contributed by atoms with E-state index in [-0.39, 0.29) is 43.2 Å². The quantitative estimate of drug-likeness (QED) is 0.656. The first-order chi connectivity index (χ1) is 14.9. The van der Waals surface area contributed by atoms with Gasteiger partial charge in [-0.25, -0.2) is 4.39 Å². The molecule has 31 heavy (non-hydrogen) atoms. The number of rotatable bonds is 8. The third-order valence-corrected chi connectivity index (χ3v) is 5.31. The highest BCUT2D eigenvalue weighted by Crippen LogP contribution is 2.33. The number of hydrogen-bond donors (Lipinski definition) is 1. The van der Waals surface area contributed by atoms with Gasteiger partial charge in [0.25, 0.3) is 5.91 Å². The molecule has 1 aliphatic carbocycles. The number of aryl methyl sites for hydroxylation is 1. The van der Waals surface area contributed by atoms with E-state index >= 15 is 0 Å². The molecule has 1 N–H and O–H groups in total. The van der Waals surface area contributed by atoms with Crippen LogP contribution in [-0.4, -0.2) is 43.9 Å².